The van der Waals surface area contributed by atoms with Crippen molar-refractivity contribution < 1.29 is 17.9 Å². The summed E-state index contributed by atoms with van der Waals surface area (Å²) in [7, 11) is -3.67. The van der Waals surface area contributed by atoms with Crippen LogP contribution in [0.3, 0.4) is 0 Å². The highest BCUT2D eigenvalue weighted by Gasteiger charge is 2.28. The van der Waals surface area contributed by atoms with Gasteiger partial charge in [-0.1, -0.05) is 17.8 Å². The fraction of sp³-hybridized carbons (Fsp3) is 0.364. The van der Waals surface area contributed by atoms with Gasteiger partial charge in [0.15, 0.2) is 11.0 Å². The number of nitrogens with one attached hydrogen (secondary N) is 1. The Bertz CT molecular complexity index is 1260. The number of pyridine rings is 1. The molecule has 0 unspecified atom stereocenters. The molecule has 0 aliphatic carbocycles. The van der Waals surface area contributed by atoms with Gasteiger partial charge in [-0.3, -0.25) is 9.78 Å². The van der Waals surface area contributed by atoms with Gasteiger partial charge in [0.05, 0.1) is 23.9 Å². The van der Waals surface area contributed by atoms with Crippen molar-refractivity contribution in [2.75, 3.05) is 37.4 Å². The zero-order valence-electron chi connectivity index (χ0n) is 19.0. The molecule has 1 aliphatic heterocycles. The third kappa shape index (κ3) is 5.30. The molecule has 12 heteroatoms. The predicted octanol–water partition coefficient (Wildman–Crippen LogP) is 2.42. The van der Waals surface area contributed by atoms with Crippen molar-refractivity contribution >= 4 is 33.4 Å². The van der Waals surface area contributed by atoms with Crippen LogP contribution in [0.5, 0.6) is 0 Å². The minimum absolute atomic E-state index is 0.105. The monoisotopic (exact) mass is 502 g/mol. The molecule has 3 aromatic rings. The molecule has 2 aromatic heterocycles. The Balaban J connectivity index is 1.44. The molecule has 1 aromatic carbocycles. The van der Waals surface area contributed by atoms with E-state index in [0.29, 0.717) is 55.1 Å². The van der Waals surface area contributed by atoms with Crippen LogP contribution in [-0.4, -0.2) is 70.4 Å². The maximum Gasteiger partial charge on any atom is 0.243 e. The molecule has 0 spiro atoms. The Hall–Kier alpha value is -2.80. The molecular formula is C22H26N6O4S2. The van der Waals surface area contributed by atoms with Crippen molar-refractivity contribution in [1.29, 1.82) is 0 Å². The lowest BCUT2D eigenvalue weighted by molar-refractivity contribution is -0.113. The van der Waals surface area contributed by atoms with E-state index in [1.165, 1.54) is 22.1 Å². The van der Waals surface area contributed by atoms with Crippen LogP contribution in [0.15, 0.2) is 52.8 Å². The van der Waals surface area contributed by atoms with Gasteiger partial charge >= 0.3 is 0 Å². The maximum atomic E-state index is 13.1. The number of hydrogen-bond acceptors (Lipinski definition) is 8. The van der Waals surface area contributed by atoms with Gasteiger partial charge in [-0.05, 0) is 43.7 Å². The summed E-state index contributed by atoms with van der Waals surface area (Å²) in [6.45, 7) is 5.75. The van der Waals surface area contributed by atoms with Gasteiger partial charge < -0.3 is 14.6 Å². The molecule has 1 saturated heterocycles. The van der Waals surface area contributed by atoms with Gasteiger partial charge in [-0.15, -0.1) is 10.2 Å². The second kappa shape index (κ2) is 10.6. The molecule has 34 heavy (non-hydrogen) atoms. The van der Waals surface area contributed by atoms with Crippen LogP contribution in [0.4, 0.5) is 5.69 Å². The number of hydrogen-bond donors (Lipinski definition) is 1. The summed E-state index contributed by atoms with van der Waals surface area (Å²) in [5, 5.41) is 11.9. The standard InChI is InChI=1S/C22H26N6O4S2/c1-3-28-21(17-6-8-23-9-7-17)25-26-22(28)33-15-20(29)24-18-5-4-16(2)19(14-18)34(30,31)27-10-12-32-13-11-27/h4-9,14H,3,10-13,15H2,1-2H3,(H,24,29). The number of thioether (sulfide) groups is 1. The first-order chi connectivity index (χ1) is 16.4. The van der Waals surface area contributed by atoms with Crippen LogP contribution in [0.1, 0.15) is 12.5 Å². The van der Waals surface area contributed by atoms with Crippen molar-refractivity contribution in [2.24, 2.45) is 0 Å². The van der Waals surface area contributed by atoms with Crippen LogP contribution >= 0.6 is 11.8 Å². The highest BCUT2D eigenvalue weighted by atomic mass is 32.2. The number of aryl methyl sites for hydroxylation is 1. The van der Waals surface area contributed by atoms with Gasteiger partial charge in [-0.2, -0.15) is 4.31 Å². The van der Waals surface area contributed by atoms with Gasteiger partial charge in [-0.25, -0.2) is 8.42 Å². The number of carbonyl (C=O) groups is 1. The average Bonchev–Trinajstić information content (AvgIpc) is 3.28. The minimum atomic E-state index is -3.67. The van der Waals surface area contributed by atoms with Crippen molar-refractivity contribution in [3.63, 3.8) is 0 Å². The Morgan fingerprint density at radius 2 is 1.88 bits per heavy atom. The summed E-state index contributed by atoms with van der Waals surface area (Å²) in [5.41, 5.74) is 1.95. The zero-order chi connectivity index (χ0) is 24.1. The molecule has 0 saturated carbocycles. The SMILES string of the molecule is CCn1c(SCC(=O)Nc2ccc(C)c(S(=O)(=O)N3CCOCC3)c2)nnc1-c1ccncc1. The number of sulfonamides is 1. The second-order valence-electron chi connectivity index (χ2n) is 7.62. The number of benzene rings is 1. The Kier molecular flexibility index (Phi) is 7.61. The van der Waals surface area contributed by atoms with Crippen molar-refractivity contribution in [2.45, 2.75) is 30.4 Å². The lowest BCUT2D eigenvalue weighted by atomic mass is 10.2. The van der Waals surface area contributed by atoms with E-state index in [4.69, 9.17) is 4.74 Å². The van der Waals surface area contributed by atoms with Crippen molar-refractivity contribution in [3.8, 4) is 11.4 Å². The van der Waals surface area contributed by atoms with Gasteiger partial charge in [0.2, 0.25) is 15.9 Å². The largest absolute Gasteiger partial charge is 0.379 e. The van der Waals surface area contributed by atoms with Crippen LogP contribution in [0.2, 0.25) is 0 Å². The number of ether oxygens (including phenoxy) is 1. The molecule has 1 N–H and O–H groups in total. The van der Waals surface area contributed by atoms with Gasteiger partial charge in [0.25, 0.3) is 0 Å². The Labute approximate surface area is 202 Å². The van der Waals surface area contributed by atoms with Gasteiger partial charge in [0.1, 0.15) is 0 Å². The number of amides is 1. The minimum Gasteiger partial charge on any atom is -0.379 e. The molecule has 1 amide bonds. The molecule has 180 valence electrons. The molecule has 1 aliphatic rings. The third-order valence-corrected chi connectivity index (χ3v) is 8.37. The summed E-state index contributed by atoms with van der Waals surface area (Å²) in [4.78, 5) is 16.8. The number of nitrogens with zero attached hydrogens (tertiary/aromatic N) is 5. The second-order valence-corrected chi connectivity index (χ2v) is 10.5. The van der Waals surface area contributed by atoms with Crippen LogP contribution in [0, 0.1) is 6.92 Å². The van der Waals surface area contributed by atoms with E-state index in [1.807, 2.05) is 23.6 Å². The fourth-order valence-corrected chi connectivity index (χ4v) is 6.07. The molecule has 0 atom stereocenters. The van der Waals surface area contributed by atoms with E-state index in [-0.39, 0.29) is 16.6 Å². The first kappa shape index (κ1) is 24.3. The Morgan fingerprint density at radius 1 is 1.15 bits per heavy atom. The van der Waals surface area contributed by atoms with E-state index in [9.17, 15) is 13.2 Å². The zero-order valence-corrected chi connectivity index (χ0v) is 20.6. The number of anilines is 1. The van der Waals surface area contributed by atoms with Crippen LogP contribution in [0.25, 0.3) is 11.4 Å². The summed E-state index contributed by atoms with van der Waals surface area (Å²) in [6, 6.07) is 8.63. The number of rotatable bonds is 8. The van der Waals surface area contributed by atoms with E-state index in [0.717, 1.165) is 5.56 Å². The number of carbonyl (C=O) groups excluding carboxylic acids is 1. The first-order valence-corrected chi connectivity index (χ1v) is 13.3. The molecule has 0 bridgehead atoms. The summed E-state index contributed by atoms with van der Waals surface area (Å²) in [5.74, 6) is 0.553. The lowest BCUT2D eigenvalue weighted by Crippen LogP contribution is -2.40. The van der Waals surface area contributed by atoms with E-state index >= 15 is 0 Å². The average molecular weight is 503 g/mol. The van der Waals surface area contributed by atoms with Crippen molar-refractivity contribution in [1.82, 2.24) is 24.1 Å². The third-order valence-electron chi connectivity index (χ3n) is 5.36. The van der Waals surface area contributed by atoms with E-state index in [2.05, 4.69) is 20.5 Å². The number of morpholine rings is 1. The van der Waals surface area contributed by atoms with Crippen molar-refractivity contribution in [3.05, 3.63) is 48.3 Å². The number of aromatic nitrogens is 4. The normalized spacial score (nSPS) is 14.8. The van der Waals surface area contributed by atoms with E-state index in [1.54, 1.807) is 31.5 Å². The molecule has 10 nitrogen and oxygen atoms in total. The molecule has 1 fully saturated rings. The topological polar surface area (TPSA) is 119 Å². The maximum absolute atomic E-state index is 13.1. The van der Waals surface area contributed by atoms with Crippen LogP contribution in [-0.2, 0) is 26.1 Å². The first-order valence-electron chi connectivity index (χ1n) is 10.8. The summed E-state index contributed by atoms with van der Waals surface area (Å²) < 4.78 is 34.8. The Morgan fingerprint density at radius 3 is 2.59 bits per heavy atom. The highest BCUT2D eigenvalue weighted by molar-refractivity contribution is 7.99. The summed E-state index contributed by atoms with van der Waals surface area (Å²) >= 11 is 1.27. The molecule has 3 heterocycles. The fourth-order valence-electron chi connectivity index (χ4n) is 3.60. The predicted molar refractivity (Wildman–Crippen MR) is 129 cm³/mol. The molecular weight excluding hydrogens is 476 g/mol. The van der Waals surface area contributed by atoms with Gasteiger partial charge in [0, 0.05) is 43.3 Å². The quantitative estimate of drug-likeness (QED) is 0.467. The smallest absolute Gasteiger partial charge is 0.243 e. The molecule has 4 rings (SSSR count). The highest BCUT2D eigenvalue weighted by Crippen LogP contribution is 2.26. The van der Waals surface area contributed by atoms with Crippen LogP contribution < -0.4 is 5.32 Å². The molecule has 0 radical (unpaired) electrons. The van der Waals surface area contributed by atoms with E-state index < -0.39 is 10.0 Å². The lowest BCUT2D eigenvalue weighted by Gasteiger charge is -2.26. The summed E-state index contributed by atoms with van der Waals surface area (Å²) in [6.07, 6.45) is 3.39.